The van der Waals surface area contributed by atoms with Crippen molar-refractivity contribution in [1.29, 1.82) is 0 Å². The van der Waals surface area contributed by atoms with E-state index in [-0.39, 0.29) is 5.91 Å². The molecule has 41 heavy (non-hydrogen) atoms. The summed E-state index contributed by atoms with van der Waals surface area (Å²) in [7, 11) is 3.27. The zero-order valence-electron chi connectivity index (χ0n) is 22.6. The molecule has 0 fully saturated rings. The SMILES string of the molecule is COc1ccc(-c2cc(-c3ccc(C)cc3)c3c(N)c(C(=O)Nc4nc(-c5cccc(OC)c5)cs4)sc3n2)cc1. The Balaban J connectivity index is 1.39. The number of aryl methyl sites for hydroxylation is 1. The highest BCUT2D eigenvalue weighted by Gasteiger charge is 2.22. The third kappa shape index (κ3) is 5.25. The molecule has 0 saturated heterocycles. The molecule has 0 aliphatic heterocycles. The van der Waals surface area contributed by atoms with Gasteiger partial charge in [0, 0.05) is 21.9 Å². The van der Waals surface area contributed by atoms with E-state index in [2.05, 4.69) is 41.5 Å². The van der Waals surface area contributed by atoms with Gasteiger partial charge in [0.25, 0.3) is 5.91 Å². The van der Waals surface area contributed by atoms with Crippen LogP contribution in [0.2, 0.25) is 0 Å². The predicted molar refractivity (Wildman–Crippen MR) is 168 cm³/mol. The second-order valence-corrected chi connectivity index (χ2v) is 11.3. The Morgan fingerprint density at radius 2 is 1.56 bits per heavy atom. The van der Waals surface area contributed by atoms with E-state index in [1.165, 1.54) is 22.7 Å². The number of nitrogen functional groups attached to an aromatic ring is 1. The van der Waals surface area contributed by atoms with Crippen molar-refractivity contribution in [3.63, 3.8) is 0 Å². The normalized spacial score (nSPS) is 11.0. The largest absolute Gasteiger partial charge is 0.497 e. The van der Waals surface area contributed by atoms with Crippen LogP contribution >= 0.6 is 22.7 Å². The molecule has 0 radical (unpaired) electrons. The maximum atomic E-state index is 13.5. The fourth-order valence-electron chi connectivity index (χ4n) is 4.56. The number of hydrogen-bond donors (Lipinski definition) is 2. The first-order chi connectivity index (χ1) is 19.9. The van der Waals surface area contributed by atoms with Crippen molar-refractivity contribution in [2.75, 3.05) is 25.3 Å². The molecule has 3 heterocycles. The van der Waals surface area contributed by atoms with E-state index in [0.717, 1.165) is 56.1 Å². The lowest BCUT2D eigenvalue weighted by Gasteiger charge is -2.10. The number of thiazole rings is 1. The first-order valence-corrected chi connectivity index (χ1v) is 14.5. The van der Waals surface area contributed by atoms with Crippen LogP contribution in [0, 0.1) is 6.92 Å². The van der Waals surface area contributed by atoms with Gasteiger partial charge in [-0.05, 0) is 60.5 Å². The number of aromatic nitrogens is 2. The fraction of sp³-hybridized carbons (Fsp3) is 0.0938. The lowest BCUT2D eigenvalue weighted by atomic mass is 9.98. The number of ether oxygens (including phenoxy) is 2. The summed E-state index contributed by atoms with van der Waals surface area (Å²) in [6, 6.07) is 25.7. The molecule has 3 aromatic carbocycles. The van der Waals surface area contributed by atoms with Gasteiger partial charge in [0.15, 0.2) is 5.13 Å². The summed E-state index contributed by atoms with van der Waals surface area (Å²) in [4.78, 5) is 24.1. The highest BCUT2D eigenvalue weighted by molar-refractivity contribution is 7.21. The van der Waals surface area contributed by atoms with Gasteiger partial charge in [0.1, 0.15) is 21.2 Å². The summed E-state index contributed by atoms with van der Waals surface area (Å²) < 4.78 is 10.6. The van der Waals surface area contributed by atoms with Crippen LogP contribution in [-0.4, -0.2) is 30.1 Å². The third-order valence-corrected chi connectivity index (χ3v) is 8.60. The van der Waals surface area contributed by atoms with Crippen molar-refractivity contribution in [3.8, 4) is 45.1 Å². The lowest BCUT2D eigenvalue weighted by molar-refractivity contribution is 0.103. The van der Waals surface area contributed by atoms with E-state index in [0.29, 0.717) is 20.5 Å². The van der Waals surface area contributed by atoms with Crippen molar-refractivity contribution in [1.82, 2.24) is 9.97 Å². The van der Waals surface area contributed by atoms with E-state index < -0.39 is 0 Å². The van der Waals surface area contributed by atoms with Gasteiger partial charge < -0.3 is 15.2 Å². The van der Waals surface area contributed by atoms with Gasteiger partial charge in [-0.2, -0.15) is 0 Å². The van der Waals surface area contributed by atoms with Gasteiger partial charge >= 0.3 is 0 Å². The number of rotatable bonds is 7. The number of thiophene rings is 1. The van der Waals surface area contributed by atoms with Gasteiger partial charge in [-0.25, -0.2) is 9.97 Å². The Morgan fingerprint density at radius 1 is 0.829 bits per heavy atom. The Bertz CT molecular complexity index is 1880. The molecular formula is C32H26N4O3S2. The number of hydrogen-bond acceptors (Lipinski definition) is 8. The quantitative estimate of drug-likeness (QED) is 0.200. The van der Waals surface area contributed by atoms with Crippen LogP contribution in [0.5, 0.6) is 11.5 Å². The third-order valence-electron chi connectivity index (χ3n) is 6.74. The number of methoxy groups -OCH3 is 2. The molecular weight excluding hydrogens is 553 g/mol. The second kappa shape index (κ2) is 11.0. The minimum absolute atomic E-state index is 0.321. The van der Waals surface area contributed by atoms with Crippen LogP contribution < -0.4 is 20.5 Å². The van der Waals surface area contributed by atoms with Crippen molar-refractivity contribution < 1.29 is 14.3 Å². The number of nitrogens with zero attached hydrogens (tertiary/aromatic N) is 2. The molecule has 0 atom stereocenters. The van der Waals surface area contributed by atoms with Crippen molar-refractivity contribution in [2.45, 2.75) is 6.92 Å². The zero-order valence-corrected chi connectivity index (χ0v) is 24.2. The number of carbonyl (C=O) groups is 1. The molecule has 1 amide bonds. The number of benzene rings is 3. The average Bonchev–Trinajstić information content (AvgIpc) is 3.61. The molecule has 6 aromatic rings. The smallest absolute Gasteiger partial charge is 0.269 e. The average molecular weight is 579 g/mol. The number of carbonyl (C=O) groups excluding carboxylic acids is 1. The van der Waals surface area contributed by atoms with Gasteiger partial charge in [-0.1, -0.05) is 42.0 Å². The number of amides is 1. The maximum Gasteiger partial charge on any atom is 0.269 e. The zero-order chi connectivity index (χ0) is 28.5. The summed E-state index contributed by atoms with van der Waals surface area (Å²) >= 11 is 2.63. The Hall–Kier alpha value is -4.73. The Morgan fingerprint density at radius 3 is 2.29 bits per heavy atom. The number of anilines is 2. The summed E-state index contributed by atoms with van der Waals surface area (Å²) in [5.74, 6) is 1.19. The minimum Gasteiger partial charge on any atom is -0.497 e. The number of nitrogens with two attached hydrogens (primary N) is 1. The van der Waals surface area contributed by atoms with Gasteiger partial charge in [0.2, 0.25) is 0 Å². The van der Waals surface area contributed by atoms with E-state index >= 15 is 0 Å². The summed E-state index contributed by atoms with van der Waals surface area (Å²) in [6.07, 6.45) is 0. The van der Waals surface area contributed by atoms with Crippen molar-refractivity contribution in [3.05, 3.63) is 94.7 Å². The summed E-state index contributed by atoms with van der Waals surface area (Å²) in [5, 5.41) is 6.07. The van der Waals surface area contributed by atoms with Crippen LogP contribution in [0.25, 0.3) is 43.9 Å². The number of fused-ring (bicyclic) bond motifs is 1. The minimum atomic E-state index is -0.321. The van der Waals surface area contributed by atoms with Crippen LogP contribution in [0.4, 0.5) is 10.8 Å². The Kier molecular flexibility index (Phi) is 7.13. The molecule has 0 aliphatic rings. The van der Waals surface area contributed by atoms with Gasteiger partial charge in [-0.15, -0.1) is 22.7 Å². The van der Waals surface area contributed by atoms with E-state index in [1.54, 1.807) is 14.2 Å². The monoisotopic (exact) mass is 578 g/mol. The van der Waals surface area contributed by atoms with Gasteiger partial charge in [-0.3, -0.25) is 10.1 Å². The fourth-order valence-corrected chi connectivity index (χ4v) is 6.29. The molecule has 9 heteroatoms. The highest BCUT2D eigenvalue weighted by Crippen LogP contribution is 2.42. The first kappa shape index (κ1) is 26.5. The van der Waals surface area contributed by atoms with E-state index in [4.69, 9.17) is 20.2 Å². The molecule has 0 unspecified atom stereocenters. The van der Waals surface area contributed by atoms with Crippen molar-refractivity contribution >= 4 is 49.6 Å². The molecule has 0 aliphatic carbocycles. The molecule has 0 bridgehead atoms. The molecule has 3 aromatic heterocycles. The molecule has 3 N–H and O–H groups in total. The van der Waals surface area contributed by atoms with Gasteiger partial charge in [0.05, 0.1) is 31.3 Å². The number of nitrogens with one attached hydrogen (secondary N) is 1. The Labute approximate surface area is 245 Å². The topological polar surface area (TPSA) is 99.4 Å². The van der Waals surface area contributed by atoms with Crippen LogP contribution in [0.1, 0.15) is 15.2 Å². The molecule has 0 spiro atoms. The first-order valence-electron chi connectivity index (χ1n) is 12.8. The standard InChI is InChI=1S/C32H26N4O3S2/c1-18-7-9-19(10-8-18)24-16-25(20-11-13-22(38-2)14-12-20)34-31-27(24)28(33)29(41-31)30(37)36-32-35-26(17-40-32)21-5-4-6-23(15-21)39-3/h4-17H,33H2,1-3H3,(H,35,36,37). The molecule has 204 valence electrons. The predicted octanol–water partition coefficient (Wildman–Crippen LogP) is 7.91. The summed E-state index contributed by atoms with van der Waals surface area (Å²) in [5.41, 5.74) is 13.5. The second-order valence-electron chi connectivity index (χ2n) is 9.40. The molecule has 7 nitrogen and oxygen atoms in total. The van der Waals surface area contributed by atoms with E-state index in [1.807, 2.05) is 60.0 Å². The van der Waals surface area contributed by atoms with Crippen LogP contribution in [-0.2, 0) is 0 Å². The lowest BCUT2D eigenvalue weighted by Crippen LogP contribution is -2.11. The molecule has 6 rings (SSSR count). The summed E-state index contributed by atoms with van der Waals surface area (Å²) in [6.45, 7) is 2.05. The number of pyridine rings is 1. The van der Waals surface area contributed by atoms with Crippen LogP contribution in [0.3, 0.4) is 0 Å². The van der Waals surface area contributed by atoms with Crippen LogP contribution in [0.15, 0.2) is 84.2 Å². The maximum absolute atomic E-state index is 13.5. The molecule has 0 saturated carbocycles. The highest BCUT2D eigenvalue weighted by atomic mass is 32.1. The van der Waals surface area contributed by atoms with Crippen molar-refractivity contribution in [2.24, 2.45) is 0 Å². The van der Waals surface area contributed by atoms with E-state index in [9.17, 15) is 4.79 Å².